The maximum absolute atomic E-state index is 13.4. The van der Waals surface area contributed by atoms with Crippen molar-refractivity contribution in [3.05, 3.63) is 27.7 Å². The normalized spacial score (nSPS) is 10.8. The number of hydrogen-bond acceptors (Lipinski definition) is 1. The fourth-order valence-corrected chi connectivity index (χ4v) is 1.27. The molecule has 0 aromatic carbocycles. The molecule has 3 heteroatoms. The van der Waals surface area contributed by atoms with E-state index < -0.39 is 0 Å². The van der Waals surface area contributed by atoms with E-state index >= 15 is 0 Å². The van der Waals surface area contributed by atoms with Gasteiger partial charge in [0.1, 0.15) is 0 Å². The largest absolute Gasteiger partial charge is 0.258 e. The van der Waals surface area contributed by atoms with E-state index in [1.165, 1.54) is 0 Å². The third-order valence-corrected chi connectivity index (χ3v) is 2.68. The summed E-state index contributed by atoms with van der Waals surface area (Å²) in [6.45, 7) is 5.67. The Morgan fingerprint density at radius 3 is 2.58 bits per heavy atom. The Hall–Kier alpha value is -0.440. The van der Waals surface area contributed by atoms with Crippen molar-refractivity contribution in [3.8, 4) is 0 Å². The molecular weight excluding hydrogens is 221 g/mol. The number of pyridine rings is 1. The van der Waals surface area contributed by atoms with Crippen LogP contribution in [0.5, 0.6) is 0 Å². The first kappa shape index (κ1) is 9.65. The predicted molar refractivity (Wildman–Crippen MR) is 50.7 cm³/mol. The third kappa shape index (κ3) is 1.66. The van der Waals surface area contributed by atoms with E-state index in [1.807, 2.05) is 20.8 Å². The number of hydrogen-bond donors (Lipinski definition) is 0. The SMILES string of the molecule is Cc1cnc(C(C)C)c(F)c1Br. The number of aryl methyl sites for hydroxylation is 1. The lowest BCUT2D eigenvalue weighted by Gasteiger charge is -2.08. The highest BCUT2D eigenvalue weighted by atomic mass is 79.9. The lowest BCUT2D eigenvalue weighted by Crippen LogP contribution is -1.99. The van der Waals surface area contributed by atoms with Crippen molar-refractivity contribution in [1.82, 2.24) is 4.98 Å². The predicted octanol–water partition coefficient (Wildman–Crippen LogP) is 3.42. The van der Waals surface area contributed by atoms with Crippen molar-refractivity contribution in [2.75, 3.05) is 0 Å². The second kappa shape index (κ2) is 3.52. The van der Waals surface area contributed by atoms with Crippen LogP contribution in [0.3, 0.4) is 0 Å². The van der Waals surface area contributed by atoms with Gasteiger partial charge in [-0.1, -0.05) is 13.8 Å². The maximum atomic E-state index is 13.4. The fourth-order valence-electron chi connectivity index (χ4n) is 0.968. The summed E-state index contributed by atoms with van der Waals surface area (Å²) in [5.41, 5.74) is 1.35. The van der Waals surface area contributed by atoms with Gasteiger partial charge in [-0.05, 0) is 34.3 Å². The molecule has 0 spiro atoms. The molecule has 66 valence electrons. The zero-order valence-electron chi connectivity index (χ0n) is 7.36. The van der Waals surface area contributed by atoms with Crippen LogP contribution >= 0.6 is 15.9 Å². The van der Waals surface area contributed by atoms with Gasteiger partial charge in [0.2, 0.25) is 0 Å². The van der Waals surface area contributed by atoms with Gasteiger partial charge in [0, 0.05) is 6.20 Å². The van der Waals surface area contributed by atoms with Crippen LogP contribution in [-0.2, 0) is 0 Å². The van der Waals surface area contributed by atoms with Crippen molar-refractivity contribution in [3.63, 3.8) is 0 Å². The molecule has 0 atom stereocenters. The van der Waals surface area contributed by atoms with E-state index in [0.29, 0.717) is 10.2 Å². The first-order chi connectivity index (χ1) is 5.54. The number of nitrogens with zero attached hydrogens (tertiary/aromatic N) is 1. The maximum Gasteiger partial charge on any atom is 0.159 e. The minimum atomic E-state index is -0.231. The molecule has 0 amide bonds. The molecule has 1 nitrogen and oxygen atoms in total. The topological polar surface area (TPSA) is 12.9 Å². The lowest BCUT2D eigenvalue weighted by molar-refractivity contribution is 0.576. The van der Waals surface area contributed by atoms with Crippen molar-refractivity contribution < 1.29 is 4.39 Å². The summed E-state index contributed by atoms with van der Waals surface area (Å²) < 4.78 is 13.9. The monoisotopic (exact) mass is 231 g/mol. The molecule has 0 radical (unpaired) electrons. The highest BCUT2D eigenvalue weighted by Crippen LogP contribution is 2.25. The van der Waals surface area contributed by atoms with Crippen molar-refractivity contribution >= 4 is 15.9 Å². The van der Waals surface area contributed by atoms with Crippen LogP contribution < -0.4 is 0 Å². The third-order valence-electron chi connectivity index (χ3n) is 1.71. The average Bonchev–Trinajstić information content (AvgIpc) is 2.00. The number of aromatic nitrogens is 1. The Balaban J connectivity index is 3.27. The molecule has 0 saturated carbocycles. The second-order valence-electron chi connectivity index (χ2n) is 3.11. The van der Waals surface area contributed by atoms with Crippen LogP contribution in [0.25, 0.3) is 0 Å². The second-order valence-corrected chi connectivity index (χ2v) is 3.90. The van der Waals surface area contributed by atoms with Crippen LogP contribution in [0, 0.1) is 12.7 Å². The molecule has 1 heterocycles. The van der Waals surface area contributed by atoms with Crippen molar-refractivity contribution in [1.29, 1.82) is 0 Å². The Bertz CT molecular complexity index is 297. The van der Waals surface area contributed by atoms with Gasteiger partial charge in [-0.3, -0.25) is 4.98 Å². The van der Waals surface area contributed by atoms with Crippen LogP contribution in [0.1, 0.15) is 31.0 Å². The summed E-state index contributed by atoms with van der Waals surface area (Å²) in [5.74, 6) is -0.105. The molecule has 1 aromatic rings. The van der Waals surface area contributed by atoms with Gasteiger partial charge < -0.3 is 0 Å². The van der Waals surface area contributed by atoms with Crippen LogP contribution in [0.2, 0.25) is 0 Å². The zero-order chi connectivity index (χ0) is 9.30. The molecule has 1 rings (SSSR count). The molecular formula is C9H11BrFN. The first-order valence-corrected chi connectivity index (χ1v) is 4.63. The lowest BCUT2D eigenvalue weighted by atomic mass is 10.1. The molecule has 1 aromatic heterocycles. The summed E-state index contributed by atoms with van der Waals surface area (Å²) in [7, 11) is 0. The van der Waals surface area contributed by atoms with Crippen LogP contribution in [0.15, 0.2) is 10.7 Å². The zero-order valence-corrected chi connectivity index (χ0v) is 8.94. The Kier molecular flexibility index (Phi) is 2.83. The van der Waals surface area contributed by atoms with Crippen molar-refractivity contribution in [2.45, 2.75) is 26.7 Å². The van der Waals surface area contributed by atoms with Gasteiger partial charge >= 0.3 is 0 Å². The quantitative estimate of drug-likeness (QED) is 0.722. The summed E-state index contributed by atoms with van der Waals surface area (Å²) in [4.78, 5) is 4.03. The standard InChI is InChI=1S/C9H11BrFN/c1-5(2)9-8(11)7(10)6(3)4-12-9/h4-5H,1-3H3. The molecule has 0 fully saturated rings. The summed E-state index contributed by atoms with van der Waals surface area (Å²) >= 11 is 3.18. The van der Waals surface area contributed by atoms with Crippen LogP contribution in [0.4, 0.5) is 4.39 Å². The van der Waals surface area contributed by atoms with E-state index in [0.717, 1.165) is 5.56 Å². The summed E-state index contributed by atoms with van der Waals surface area (Å²) in [6, 6.07) is 0. The Labute approximate surface area is 80.1 Å². The van der Waals surface area contributed by atoms with Gasteiger partial charge in [-0.25, -0.2) is 4.39 Å². The van der Waals surface area contributed by atoms with E-state index in [-0.39, 0.29) is 11.7 Å². The average molecular weight is 232 g/mol. The van der Waals surface area contributed by atoms with Gasteiger partial charge in [0.15, 0.2) is 5.82 Å². The van der Waals surface area contributed by atoms with Gasteiger partial charge in [-0.15, -0.1) is 0 Å². The van der Waals surface area contributed by atoms with Gasteiger partial charge in [0.05, 0.1) is 10.2 Å². The summed E-state index contributed by atoms with van der Waals surface area (Å²) in [6.07, 6.45) is 1.68. The smallest absolute Gasteiger partial charge is 0.159 e. The van der Waals surface area contributed by atoms with E-state index in [1.54, 1.807) is 6.20 Å². The Morgan fingerprint density at radius 1 is 1.50 bits per heavy atom. The van der Waals surface area contributed by atoms with Gasteiger partial charge in [0.25, 0.3) is 0 Å². The summed E-state index contributed by atoms with van der Waals surface area (Å²) in [5, 5.41) is 0. The minimum absolute atomic E-state index is 0.127. The molecule has 0 unspecified atom stereocenters. The first-order valence-electron chi connectivity index (χ1n) is 3.84. The molecule has 0 saturated heterocycles. The fraction of sp³-hybridized carbons (Fsp3) is 0.444. The van der Waals surface area contributed by atoms with E-state index in [4.69, 9.17) is 0 Å². The van der Waals surface area contributed by atoms with Gasteiger partial charge in [-0.2, -0.15) is 0 Å². The Morgan fingerprint density at radius 2 is 2.08 bits per heavy atom. The molecule has 0 aliphatic heterocycles. The molecule has 0 bridgehead atoms. The highest BCUT2D eigenvalue weighted by molar-refractivity contribution is 9.10. The van der Waals surface area contributed by atoms with Crippen LogP contribution in [-0.4, -0.2) is 4.98 Å². The highest BCUT2D eigenvalue weighted by Gasteiger charge is 2.12. The van der Waals surface area contributed by atoms with E-state index in [2.05, 4.69) is 20.9 Å². The molecule has 0 aliphatic carbocycles. The molecule has 12 heavy (non-hydrogen) atoms. The van der Waals surface area contributed by atoms with E-state index in [9.17, 15) is 4.39 Å². The minimum Gasteiger partial charge on any atom is -0.258 e. The number of halogens is 2. The number of rotatable bonds is 1. The molecule has 0 aliphatic rings. The molecule has 0 N–H and O–H groups in total. The van der Waals surface area contributed by atoms with Crippen molar-refractivity contribution in [2.24, 2.45) is 0 Å².